The van der Waals surface area contributed by atoms with Gasteiger partial charge >= 0.3 is 19.8 Å². The second kappa shape index (κ2) is 39.2. The highest BCUT2D eigenvalue weighted by molar-refractivity contribution is 7.47. The smallest absolute Gasteiger partial charge is 0.462 e. The molecule has 12 heteroatoms. The lowest BCUT2D eigenvalue weighted by Crippen LogP contribution is -2.29. The van der Waals surface area contributed by atoms with Gasteiger partial charge in [0, 0.05) is 12.8 Å². The summed E-state index contributed by atoms with van der Waals surface area (Å²) in [6.45, 7) is 1.97. The molecule has 0 amide bonds. The number of allylic oxidation sites excluding steroid dienone is 12. The van der Waals surface area contributed by atoms with Gasteiger partial charge < -0.3 is 29.7 Å². The van der Waals surface area contributed by atoms with Gasteiger partial charge in [-0.2, -0.15) is 0 Å². The third-order valence-corrected chi connectivity index (χ3v) is 9.48. The van der Waals surface area contributed by atoms with E-state index < -0.39 is 51.8 Å². The maximum atomic E-state index is 12.6. The van der Waals surface area contributed by atoms with E-state index in [4.69, 9.17) is 19.1 Å². The van der Waals surface area contributed by atoms with Gasteiger partial charge in [0.05, 0.1) is 25.9 Å². The second-order valence-corrected chi connectivity index (χ2v) is 15.3. The van der Waals surface area contributed by atoms with Crippen molar-refractivity contribution < 1.29 is 52.9 Å². The van der Waals surface area contributed by atoms with Crippen LogP contribution >= 0.6 is 7.82 Å². The highest BCUT2D eigenvalue weighted by atomic mass is 31.2. The van der Waals surface area contributed by atoms with E-state index in [0.29, 0.717) is 19.3 Å². The highest BCUT2D eigenvalue weighted by Gasteiger charge is 2.27. The molecule has 0 aliphatic carbocycles. The van der Waals surface area contributed by atoms with E-state index in [-0.39, 0.29) is 25.6 Å². The Kier molecular flexibility index (Phi) is 37.4. The summed E-state index contributed by atoms with van der Waals surface area (Å²) < 4.78 is 32.6. The Morgan fingerprint density at radius 1 is 0.589 bits per heavy atom. The molecule has 0 aliphatic heterocycles. The van der Waals surface area contributed by atoms with Crippen LogP contribution in [0.15, 0.2) is 72.9 Å². The zero-order chi connectivity index (χ0) is 41.4. The van der Waals surface area contributed by atoms with Crippen molar-refractivity contribution in [3.8, 4) is 0 Å². The molecule has 0 aliphatic rings. The van der Waals surface area contributed by atoms with Gasteiger partial charge in [-0.05, 0) is 83.5 Å². The Balaban J connectivity index is 4.46. The maximum absolute atomic E-state index is 12.6. The summed E-state index contributed by atoms with van der Waals surface area (Å²) in [5.74, 6) is -1.03. The molecule has 0 bridgehead atoms. The summed E-state index contributed by atoms with van der Waals surface area (Å²) in [5.41, 5.74) is 0. The minimum absolute atomic E-state index is 0.144. The average Bonchev–Trinajstić information content (AvgIpc) is 3.19. The van der Waals surface area contributed by atoms with E-state index in [0.717, 1.165) is 77.0 Å². The normalized spacial score (nSPS) is 15.2. The monoisotopic (exact) mass is 811 g/mol. The number of phosphoric acid groups is 1. The minimum atomic E-state index is -4.64. The Labute approximate surface area is 338 Å². The number of aliphatic hydroxyl groups is 3. The number of ether oxygens (including phenoxy) is 2. The lowest BCUT2D eigenvalue weighted by Gasteiger charge is -2.20. The molecular weight excluding hydrogens is 735 g/mol. The van der Waals surface area contributed by atoms with Crippen molar-refractivity contribution >= 4 is 19.8 Å². The SMILES string of the molecule is CCCCCC/C=C\C=C/CCCCCCCC(=O)O[C@H](COC(=O)CCC/C=C\C/C=C\C/C=C\C/C=C\CC[C@@H](O)CC)COP(=O)(O)OC[C@@H](O)CO. The van der Waals surface area contributed by atoms with Crippen molar-refractivity contribution in [1.82, 2.24) is 0 Å². The van der Waals surface area contributed by atoms with Gasteiger partial charge in [0.25, 0.3) is 0 Å². The molecule has 0 radical (unpaired) electrons. The van der Waals surface area contributed by atoms with Crippen molar-refractivity contribution in [2.45, 2.75) is 167 Å². The van der Waals surface area contributed by atoms with Crippen LogP contribution in [-0.2, 0) is 32.7 Å². The van der Waals surface area contributed by atoms with Gasteiger partial charge in [0.15, 0.2) is 6.10 Å². The zero-order valence-corrected chi connectivity index (χ0v) is 35.3. The number of hydrogen-bond donors (Lipinski definition) is 4. The van der Waals surface area contributed by atoms with E-state index in [1.165, 1.54) is 25.7 Å². The molecule has 0 rings (SSSR count). The Morgan fingerprint density at radius 3 is 1.71 bits per heavy atom. The number of unbranched alkanes of at least 4 members (excludes halogenated alkanes) is 10. The molecule has 4 atom stereocenters. The molecule has 4 N–H and O–H groups in total. The number of esters is 2. The number of rotatable bonds is 38. The molecule has 11 nitrogen and oxygen atoms in total. The number of aliphatic hydroxyl groups excluding tert-OH is 3. The fourth-order valence-corrected chi connectivity index (χ4v) is 5.86. The summed E-state index contributed by atoms with van der Waals surface area (Å²) in [6, 6.07) is 0. The number of carbonyl (C=O) groups excluding carboxylic acids is 2. The molecule has 0 fully saturated rings. The van der Waals surface area contributed by atoms with Crippen LogP contribution in [0, 0.1) is 0 Å². The third-order valence-electron chi connectivity index (χ3n) is 8.52. The molecule has 56 heavy (non-hydrogen) atoms. The second-order valence-electron chi connectivity index (χ2n) is 13.8. The molecule has 0 aromatic carbocycles. The van der Waals surface area contributed by atoms with Crippen LogP contribution in [0.25, 0.3) is 0 Å². The number of carbonyl (C=O) groups is 2. The molecule has 1 unspecified atom stereocenters. The van der Waals surface area contributed by atoms with Crippen LogP contribution in [-0.4, -0.2) is 76.9 Å². The standard InChI is InChI=1S/C44H75O11P/c1-3-5-6-7-8-9-10-11-12-17-20-23-26-29-32-35-44(49)55-42(39-54-56(50,51)53-37-41(47)36-45)38-52-43(48)34-31-28-25-22-19-16-14-13-15-18-21-24-27-30-33-40(46)4-2/h9-12,14-16,18,22,24-25,27,40-42,45-47H,3-8,13,17,19-21,23,26,28-39H2,1-2H3,(H,50,51)/b10-9-,12-11-,16-14-,18-15-,25-22-,27-24-/t40-,41-,42+/m0/s1. The molecule has 0 saturated carbocycles. The fourth-order valence-electron chi connectivity index (χ4n) is 5.07. The maximum Gasteiger partial charge on any atom is 0.472 e. The van der Waals surface area contributed by atoms with E-state index in [2.05, 4.69) is 72.2 Å². The van der Waals surface area contributed by atoms with Crippen molar-refractivity contribution in [3.63, 3.8) is 0 Å². The first kappa shape index (κ1) is 53.4. The van der Waals surface area contributed by atoms with Crippen molar-refractivity contribution in [2.24, 2.45) is 0 Å². The molecule has 0 aromatic heterocycles. The summed E-state index contributed by atoms with van der Waals surface area (Å²) in [6.07, 6.45) is 41.0. The van der Waals surface area contributed by atoms with Crippen LogP contribution in [0.5, 0.6) is 0 Å². The summed E-state index contributed by atoms with van der Waals surface area (Å²) in [4.78, 5) is 34.9. The number of phosphoric ester groups is 1. The van der Waals surface area contributed by atoms with Crippen molar-refractivity contribution in [2.75, 3.05) is 26.4 Å². The number of hydrogen-bond acceptors (Lipinski definition) is 10. The predicted molar refractivity (Wildman–Crippen MR) is 225 cm³/mol. The lowest BCUT2D eigenvalue weighted by molar-refractivity contribution is -0.161. The van der Waals surface area contributed by atoms with E-state index in [1.54, 1.807) is 0 Å². The van der Waals surface area contributed by atoms with Gasteiger partial charge in [-0.1, -0.05) is 125 Å². The minimum Gasteiger partial charge on any atom is -0.462 e. The fraction of sp³-hybridized carbons (Fsp3) is 0.682. The quantitative estimate of drug-likeness (QED) is 0.0154. The van der Waals surface area contributed by atoms with Gasteiger partial charge in [-0.25, -0.2) is 4.57 Å². The topological polar surface area (TPSA) is 169 Å². The first-order valence-corrected chi connectivity index (χ1v) is 22.5. The molecule has 0 saturated heterocycles. The first-order chi connectivity index (χ1) is 27.1. The Morgan fingerprint density at radius 2 is 1.11 bits per heavy atom. The van der Waals surface area contributed by atoms with Gasteiger partial charge in [0.1, 0.15) is 12.7 Å². The van der Waals surface area contributed by atoms with Crippen LogP contribution < -0.4 is 0 Å². The lowest BCUT2D eigenvalue weighted by atomic mass is 10.1. The van der Waals surface area contributed by atoms with Crippen LogP contribution in [0.2, 0.25) is 0 Å². The van der Waals surface area contributed by atoms with Gasteiger partial charge in [-0.3, -0.25) is 18.6 Å². The average molecular weight is 811 g/mol. The first-order valence-electron chi connectivity index (χ1n) is 21.0. The largest absolute Gasteiger partial charge is 0.472 e. The van der Waals surface area contributed by atoms with Crippen LogP contribution in [0.1, 0.15) is 149 Å². The molecule has 322 valence electrons. The third kappa shape index (κ3) is 38.3. The Bertz CT molecular complexity index is 1180. The van der Waals surface area contributed by atoms with E-state index >= 15 is 0 Å². The summed E-state index contributed by atoms with van der Waals surface area (Å²) in [5, 5.41) is 27.9. The summed E-state index contributed by atoms with van der Waals surface area (Å²) in [7, 11) is -4.64. The van der Waals surface area contributed by atoms with Gasteiger partial charge in [0.2, 0.25) is 0 Å². The summed E-state index contributed by atoms with van der Waals surface area (Å²) >= 11 is 0. The van der Waals surface area contributed by atoms with Crippen LogP contribution in [0.4, 0.5) is 0 Å². The Hall–Kier alpha value is -2.63. The van der Waals surface area contributed by atoms with Gasteiger partial charge in [-0.15, -0.1) is 0 Å². The molecule has 0 spiro atoms. The predicted octanol–water partition coefficient (Wildman–Crippen LogP) is 9.86. The van der Waals surface area contributed by atoms with E-state index in [9.17, 15) is 29.3 Å². The van der Waals surface area contributed by atoms with E-state index in [1.807, 2.05) is 19.1 Å². The van der Waals surface area contributed by atoms with Crippen molar-refractivity contribution in [1.29, 1.82) is 0 Å². The molecule has 0 heterocycles. The van der Waals surface area contributed by atoms with Crippen LogP contribution in [0.3, 0.4) is 0 Å². The van der Waals surface area contributed by atoms with Crippen molar-refractivity contribution in [3.05, 3.63) is 72.9 Å². The molecule has 0 aromatic rings. The highest BCUT2D eigenvalue weighted by Crippen LogP contribution is 2.43. The molecular formula is C44H75O11P. The zero-order valence-electron chi connectivity index (χ0n) is 34.4.